The molecule has 25 heavy (non-hydrogen) atoms. The van der Waals surface area contributed by atoms with E-state index < -0.39 is 0 Å². The summed E-state index contributed by atoms with van der Waals surface area (Å²) in [6, 6.07) is 18.3. The van der Waals surface area contributed by atoms with Crippen molar-refractivity contribution >= 4 is 11.6 Å². The zero-order chi connectivity index (χ0) is 17.6. The standard InChI is InChI=1S/C21H16FNO2/c1-13-17-7-2-3-8-18(17)19-10-9-15(22)12-20(19)23(13)21(25)14-5-4-6-16(24)11-14/h2-13,24H,1H3. The van der Waals surface area contributed by atoms with Crippen LogP contribution in [0.3, 0.4) is 0 Å². The van der Waals surface area contributed by atoms with Gasteiger partial charge in [0.05, 0.1) is 11.7 Å². The molecule has 3 aromatic carbocycles. The van der Waals surface area contributed by atoms with Gasteiger partial charge in [-0.25, -0.2) is 4.39 Å². The van der Waals surface area contributed by atoms with E-state index in [-0.39, 0.29) is 23.5 Å². The first-order valence-electron chi connectivity index (χ1n) is 8.07. The lowest BCUT2D eigenvalue weighted by Gasteiger charge is -2.37. The third kappa shape index (κ3) is 2.47. The molecule has 1 unspecified atom stereocenters. The summed E-state index contributed by atoms with van der Waals surface area (Å²) >= 11 is 0. The predicted octanol–water partition coefficient (Wildman–Crippen LogP) is 4.92. The van der Waals surface area contributed by atoms with Crippen LogP contribution in [0.4, 0.5) is 10.1 Å². The normalized spacial score (nSPS) is 15.4. The number of nitrogens with zero attached hydrogens (tertiary/aromatic N) is 1. The first-order chi connectivity index (χ1) is 12.1. The van der Waals surface area contributed by atoms with Gasteiger partial charge in [0.25, 0.3) is 5.91 Å². The number of benzene rings is 3. The summed E-state index contributed by atoms with van der Waals surface area (Å²) in [7, 11) is 0. The minimum atomic E-state index is -0.390. The molecule has 1 heterocycles. The Balaban J connectivity index is 1.92. The molecule has 0 bridgehead atoms. The Morgan fingerprint density at radius 1 is 1.00 bits per heavy atom. The minimum absolute atomic E-state index is 0.0235. The Labute approximate surface area is 145 Å². The second-order valence-electron chi connectivity index (χ2n) is 6.15. The van der Waals surface area contributed by atoms with Gasteiger partial charge in [-0.05, 0) is 54.4 Å². The molecular weight excluding hydrogens is 317 g/mol. The molecule has 3 aromatic rings. The molecule has 0 saturated carbocycles. The second kappa shape index (κ2) is 5.74. The molecule has 1 atom stereocenters. The van der Waals surface area contributed by atoms with Crippen molar-refractivity contribution in [3.05, 3.63) is 83.7 Å². The number of fused-ring (bicyclic) bond motifs is 3. The van der Waals surface area contributed by atoms with E-state index in [2.05, 4.69) is 0 Å². The molecule has 0 aliphatic carbocycles. The fraction of sp³-hybridized carbons (Fsp3) is 0.0952. The van der Waals surface area contributed by atoms with E-state index in [4.69, 9.17) is 0 Å². The Bertz CT molecular complexity index is 983. The average molecular weight is 333 g/mol. The maximum absolute atomic E-state index is 13.9. The van der Waals surface area contributed by atoms with Crippen LogP contribution in [0.25, 0.3) is 11.1 Å². The van der Waals surface area contributed by atoms with Gasteiger partial charge in [-0.15, -0.1) is 0 Å². The Morgan fingerprint density at radius 3 is 2.60 bits per heavy atom. The van der Waals surface area contributed by atoms with Gasteiger partial charge in [-0.3, -0.25) is 4.79 Å². The smallest absolute Gasteiger partial charge is 0.258 e. The topological polar surface area (TPSA) is 40.5 Å². The number of hydrogen-bond donors (Lipinski definition) is 1. The van der Waals surface area contributed by atoms with Crippen LogP contribution in [0.1, 0.15) is 28.9 Å². The lowest BCUT2D eigenvalue weighted by atomic mass is 9.88. The number of aromatic hydroxyl groups is 1. The van der Waals surface area contributed by atoms with Crippen LogP contribution in [0.5, 0.6) is 5.75 Å². The summed E-state index contributed by atoms with van der Waals surface area (Å²) in [4.78, 5) is 14.7. The van der Waals surface area contributed by atoms with Crippen LogP contribution in [-0.4, -0.2) is 11.0 Å². The van der Waals surface area contributed by atoms with E-state index >= 15 is 0 Å². The van der Waals surface area contributed by atoms with Gasteiger partial charge in [0.2, 0.25) is 0 Å². The molecular formula is C21H16FNO2. The van der Waals surface area contributed by atoms with Crippen molar-refractivity contribution in [3.63, 3.8) is 0 Å². The Hall–Kier alpha value is -3.14. The molecule has 0 saturated heterocycles. The van der Waals surface area contributed by atoms with E-state index in [1.165, 1.54) is 24.3 Å². The van der Waals surface area contributed by atoms with Gasteiger partial charge in [-0.2, -0.15) is 0 Å². The SMILES string of the molecule is CC1c2ccccc2-c2ccc(F)cc2N1C(=O)c1cccc(O)c1. The van der Waals surface area contributed by atoms with Crippen molar-refractivity contribution in [2.75, 3.05) is 4.90 Å². The van der Waals surface area contributed by atoms with Gasteiger partial charge >= 0.3 is 0 Å². The van der Waals surface area contributed by atoms with E-state index in [1.807, 2.05) is 31.2 Å². The molecule has 0 fully saturated rings. The highest BCUT2D eigenvalue weighted by molar-refractivity contribution is 6.10. The van der Waals surface area contributed by atoms with Crippen LogP contribution in [-0.2, 0) is 0 Å². The number of phenolic OH excluding ortho intramolecular Hbond substituents is 1. The van der Waals surface area contributed by atoms with Crippen molar-refractivity contribution < 1.29 is 14.3 Å². The molecule has 3 nitrogen and oxygen atoms in total. The number of carbonyl (C=O) groups is 1. The van der Waals surface area contributed by atoms with E-state index in [0.29, 0.717) is 11.3 Å². The first-order valence-corrected chi connectivity index (χ1v) is 8.07. The van der Waals surface area contributed by atoms with Gasteiger partial charge in [-0.1, -0.05) is 30.3 Å². The van der Waals surface area contributed by atoms with E-state index in [0.717, 1.165) is 16.7 Å². The molecule has 0 radical (unpaired) electrons. The number of carbonyl (C=O) groups excluding carboxylic acids is 1. The summed E-state index contributed by atoms with van der Waals surface area (Å²) in [5, 5.41) is 9.69. The highest BCUT2D eigenvalue weighted by atomic mass is 19.1. The Morgan fingerprint density at radius 2 is 1.80 bits per heavy atom. The summed E-state index contributed by atoms with van der Waals surface area (Å²) in [5.41, 5.74) is 3.74. The first kappa shape index (κ1) is 15.4. The van der Waals surface area contributed by atoms with Crippen molar-refractivity contribution in [1.82, 2.24) is 0 Å². The number of halogens is 1. The second-order valence-corrected chi connectivity index (χ2v) is 6.15. The van der Waals surface area contributed by atoms with Crippen molar-refractivity contribution in [3.8, 4) is 16.9 Å². The number of phenols is 1. The summed E-state index contributed by atoms with van der Waals surface area (Å²) in [6.45, 7) is 1.92. The quantitative estimate of drug-likeness (QED) is 0.687. The lowest BCUT2D eigenvalue weighted by molar-refractivity contribution is 0.0977. The van der Waals surface area contributed by atoms with Gasteiger partial charge in [0, 0.05) is 11.1 Å². The van der Waals surface area contributed by atoms with E-state index in [1.54, 1.807) is 23.1 Å². The van der Waals surface area contributed by atoms with Crippen molar-refractivity contribution in [1.29, 1.82) is 0 Å². The van der Waals surface area contributed by atoms with Crippen LogP contribution >= 0.6 is 0 Å². The number of rotatable bonds is 1. The zero-order valence-corrected chi connectivity index (χ0v) is 13.6. The van der Waals surface area contributed by atoms with Gasteiger partial charge in [0.1, 0.15) is 11.6 Å². The molecule has 4 rings (SSSR count). The zero-order valence-electron chi connectivity index (χ0n) is 13.6. The summed E-state index contributed by atoms with van der Waals surface area (Å²) < 4.78 is 13.9. The van der Waals surface area contributed by atoms with Crippen LogP contribution in [0.15, 0.2) is 66.7 Å². The van der Waals surface area contributed by atoms with Crippen LogP contribution in [0.2, 0.25) is 0 Å². The fourth-order valence-electron chi connectivity index (χ4n) is 3.45. The Kier molecular flexibility index (Phi) is 3.53. The highest BCUT2D eigenvalue weighted by Gasteiger charge is 2.33. The summed E-state index contributed by atoms with van der Waals surface area (Å²) in [6.07, 6.45) is 0. The third-order valence-electron chi connectivity index (χ3n) is 4.62. The minimum Gasteiger partial charge on any atom is -0.508 e. The highest BCUT2D eigenvalue weighted by Crippen LogP contribution is 2.45. The maximum Gasteiger partial charge on any atom is 0.258 e. The largest absolute Gasteiger partial charge is 0.508 e. The molecule has 0 spiro atoms. The van der Waals surface area contributed by atoms with E-state index in [9.17, 15) is 14.3 Å². The molecule has 0 aromatic heterocycles. The van der Waals surface area contributed by atoms with Crippen molar-refractivity contribution in [2.24, 2.45) is 0 Å². The number of amides is 1. The molecule has 124 valence electrons. The number of anilines is 1. The van der Waals surface area contributed by atoms with Crippen LogP contribution in [0, 0.1) is 5.82 Å². The average Bonchev–Trinajstić information content (AvgIpc) is 2.61. The molecule has 1 amide bonds. The fourth-order valence-corrected chi connectivity index (χ4v) is 3.45. The van der Waals surface area contributed by atoms with Gasteiger partial charge in [0.15, 0.2) is 0 Å². The summed E-state index contributed by atoms with van der Waals surface area (Å²) in [5.74, 6) is -0.640. The maximum atomic E-state index is 13.9. The van der Waals surface area contributed by atoms with Crippen molar-refractivity contribution in [2.45, 2.75) is 13.0 Å². The van der Waals surface area contributed by atoms with Crippen LogP contribution < -0.4 is 4.90 Å². The lowest BCUT2D eigenvalue weighted by Crippen LogP contribution is -2.36. The third-order valence-corrected chi connectivity index (χ3v) is 4.62. The number of hydrogen-bond acceptors (Lipinski definition) is 2. The predicted molar refractivity (Wildman–Crippen MR) is 95.2 cm³/mol. The monoisotopic (exact) mass is 333 g/mol. The molecule has 4 heteroatoms. The molecule has 1 aliphatic heterocycles. The molecule has 1 aliphatic rings. The molecule has 1 N–H and O–H groups in total. The van der Waals surface area contributed by atoms with Gasteiger partial charge < -0.3 is 10.0 Å².